The molecule has 0 aliphatic carbocycles. The van der Waals surface area contributed by atoms with Crippen LogP contribution in [0.15, 0.2) is 30.3 Å². The van der Waals surface area contributed by atoms with Crippen molar-refractivity contribution in [2.75, 3.05) is 13.2 Å². The van der Waals surface area contributed by atoms with Crippen molar-refractivity contribution in [1.82, 2.24) is 0 Å². The molecule has 0 aromatic heterocycles. The van der Waals surface area contributed by atoms with Gasteiger partial charge in [-0.1, -0.05) is 44.2 Å². The van der Waals surface area contributed by atoms with Crippen LogP contribution < -0.4 is 0 Å². The van der Waals surface area contributed by atoms with E-state index in [0.717, 1.165) is 12.5 Å². The molecule has 0 saturated carbocycles. The van der Waals surface area contributed by atoms with Gasteiger partial charge in [-0.25, -0.2) is 0 Å². The van der Waals surface area contributed by atoms with Crippen molar-refractivity contribution < 1.29 is 48.0 Å². The molecule has 0 saturated heterocycles. The second-order valence-corrected chi connectivity index (χ2v) is 9.79. The third-order valence-electron chi connectivity index (χ3n) is 6.14. The molecule has 1 N–H and O–H groups in total. The van der Waals surface area contributed by atoms with Crippen LogP contribution in [0, 0.1) is 16.7 Å². The van der Waals surface area contributed by atoms with Crippen LogP contribution in [0.2, 0.25) is 0 Å². The van der Waals surface area contributed by atoms with Gasteiger partial charge in [-0.3, -0.25) is 24.0 Å². The van der Waals surface area contributed by atoms with Gasteiger partial charge in [0.05, 0.1) is 16.7 Å². The lowest BCUT2D eigenvalue weighted by molar-refractivity contribution is -0.173. The van der Waals surface area contributed by atoms with Crippen molar-refractivity contribution in [1.29, 1.82) is 0 Å². The average Bonchev–Trinajstić information content (AvgIpc) is 2.83. The fraction of sp³-hybridized carbons (Fsp3) is 0.593. The zero-order valence-electron chi connectivity index (χ0n) is 22.4. The van der Waals surface area contributed by atoms with Crippen LogP contribution in [0.25, 0.3) is 0 Å². The summed E-state index contributed by atoms with van der Waals surface area (Å²) in [5, 5.41) is 9.49. The highest BCUT2D eigenvalue weighted by molar-refractivity contribution is 5.81. The maximum absolute atomic E-state index is 13.3. The first-order valence-corrected chi connectivity index (χ1v) is 12.1. The molecule has 0 fully saturated rings. The number of carboxylic acids is 1. The van der Waals surface area contributed by atoms with Crippen LogP contribution in [0.3, 0.4) is 0 Å². The lowest BCUT2D eigenvalue weighted by atomic mass is 9.68. The van der Waals surface area contributed by atoms with Crippen LogP contribution in [0.4, 0.5) is 0 Å². The molecule has 0 heterocycles. The number of carbonyl (C=O) groups is 5. The molecule has 1 aromatic carbocycles. The number of hydrogen-bond donors (Lipinski definition) is 1. The van der Waals surface area contributed by atoms with Crippen molar-refractivity contribution in [3.8, 4) is 0 Å². The van der Waals surface area contributed by atoms with E-state index in [-0.39, 0.29) is 26.1 Å². The molecule has 0 amide bonds. The Hall–Kier alpha value is -3.43. The lowest BCUT2D eigenvalue weighted by Crippen LogP contribution is -2.43. The Morgan fingerprint density at radius 3 is 1.95 bits per heavy atom. The zero-order chi connectivity index (χ0) is 28.2. The fourth-order valence-electron chi connectivity index (χ4n) is 3.99. The number of ether oxygens (including phenoxy) is 4. The molecule has 0 radical (unpaired) electrons. The summed E-state index contributed by atoms with van der Waals surface area (Å²) in [6.07, 6.45) is -0.860. The van der Waals surface area contributed by atoms with Crippen LogP contribution in [-0.2, 0) is 49.5 Å². The number of esters is 4. The van der Waals surface area contributed by atoms with E-state index < -0.39 is 59.3 Å². The quantitative estimate of drug-likeness (QED) is 0.268. The van der Waals surface area contributed by atoms with Crippen LogP contribution >= 0.6 is 0 Å². The molecular formula is C27H38O10. The minimum absolute atomic E-state index is 0.0389. The van der Waals surface area contributed by atoms with Crippen molar-refractivity contribution >= 4 is 29.8 Å². The largest absolute Gasteiger partial charge is 0.481 e. The van der Waals surface area contributed by atoms with Gasteiger partial charge in [0.1, 0.15) is 19.8 Å². The normalized spacial score (nSPS) is 15.7. The van der Waals surface area contributed by atoms with Gasteiger partial charge in [0.2, 0.25) is 0 Å². The molecule has 0 aliphatic rings. The van der Waals surface area contributed by atoms with E-state index in [1.165, 1.54) is 13.8 Å². The summed E-state index contributed by atoms with van der Waals surface area (Å²) in [5.74, 6) is -4.56. The lowest BCUT2D eigenvalue weighted by Gasteiger charge is -2.37. The number of rotatable bonds is 15. The van der Waals surface area contributed by atoms with Crippen molar-refractivity contribution in [2.45, 2.75) is 73.5 Å². The first-order chi connectivity index (χ1) is 17.2. The Morgan fingerprint density at radius 2 is 1.43 bits per heavy atom. The minimum atomic E-state index is -1.39. The van der Waals surface area contributed by atoms with Gasteiger partial charge in [-0.05, 0) is 38.7 Å². The Balaban J connectivity index is 3.09. The van der Waals surface area contributed by atoms with Crippen LogP contribution in [-0.4, -0.2) is 54.3 Å². The van der Waals surface area contributed by atoms with Crippen molar-refractivity contribution in [2.24, 2.45) is 16.7 Å². The van der Waals surface area contributed by atoms with Crippen molar-refractivity contribution in [3.63, 3.8) is 0 Å². The van der Waals surface area contributed by atoms with Gasteiger partial charge in [-0.15, -0.1) is 0 Å². The molecule has 0 bridgehead atoms. The number of hydrogen-bond acceptors (Lipinski definition) is 9. The third-order valence-corrected chi connectivity index (χ3v) is 6.14. The highest BCUT2D eigenvalue weighted by Gasteiger charge is 2.47. The smallest absolute Gasteiger partial charge is 0.312 e. The van der Waals surface area contributed by atoms with E-state index in [2.05, 4.69) is 0 Å². The first kappa shape index (κ1) is 31.6. The van der Waals surface area contributed by atoms with Gasteiger partial charge in [0, 0.05) is 13.8 Å². The molecular weight excluding hydrogens is 484 g/mol. The molecule has 37 heavy (non-hydrogen) atoms. The molecule has 1 rings (SSSR count). The molecule has 0 aliphatic heterocycles. The molecule has 4 atom stereocenters. The van der Waals surface area contributed by atoms with Gasteiger partial charge >= 0.3 is 29.8 Å². The van der Waals surface area contributed by atoms with Crippen molar-refractivity contribution in [3.05, 3.63) is 35.9 Å². The molecule has 10 nitrogen and oxygen atoms in total. The van der Waals surface area contributed by atoms with Gasteiger partial charge in [0.15, 0.2) is 6.10 Å². The summed E-state index contributed by atoms with van der Waals surface area (Å²) in [6.45, 7) is 8.13. The Labute approximate surface area is 217 Å². The Bertz CT molecular complexity index is 944. The van der Waals surface area contributed by atoms with Gasteiger partial charge < -0.3 is 24.1 Å². The second kappa shape index (κ2) is 14.3. The summed E-state index contributed by atoms with van der Waals surface area (Å²) in [4.78, 5) is 60.6. The number of benzene rings is 1. The average molecular weight is 523 g/mol. The standard InChI is InChI=1S/C27H38O10/c1-7-26(5,24(32)35-14-21-11-9-8-10-12-21)17-27(6,13-18(2)23(30)31)25(33)36-16-22(37-20(4)29)15-34-19(3)28/h8-12,18,22H,7,13-17H2,1-6H3,(H,30,31). The van der Waals surface area contributed by atoms with E-state index in [9.17, 15) is 29.1 Å². The fourth-order valence-corrected chi connectivity index (χ4v) is 3.99. The summed E-state index contributed by atoms with van der Waals surface area (Å²) in [7, 11) is 0. The maximum atomic E-state index is 13.3. The van der Waals surface area contributed by atoms with Crippen LogP contribution in [0.5, 0.6) is 0 Å². The highest BCUT2D eigenvalue weighted by Crippen LogP contribution is 2.43. The third kappa shape index (κ3) is 10.6. The maximum Gasteiger partial charge on any atom is 0.312 e. The first-order valence-electron chi connectivity index (χ1n) is 12.1. The molecule has 10 heteroatoms. The summed E-state index contributed by atoms with van der Waals surface area (Å²) in [6, 6.07) is 9.14. The highest BCUT2D eigenvalue weighted by atomic mass is 16.6. The number of carboxylic acid groups (broad SMARTS) is 1. The predicted molar refractivity (Wildman–Crippen MR) is 132 cm³/mol. The minimum Gasteiger partial charge on any atom is -0.481 e. The van der Waals surface area contributed by atoms with Crippen LogP contribution in [0.1, 0.15) is 66.4 Å². The molecule has 0 spiro atoms. The second-order valence-electron chi connectivity index (χ2n) is 9.79. The zero-order valence-corrected chi connectivity index (χ0v) is 22.4. The predicted octanol–water partition coefficient (Wildman–Crippen LogP) is 3.69. The van der Waals surface area contributed by atoms with E-state index in [4.69, 9.17) is 18.9 Å². The van der Waals surface area contributed by atoms with E-state index in [1.54, 1.807) is 20.8 Å². The summed E-state index contributed by atoms with van der Waals surface area (Å²) >= 11 is 0. The van der Waals surface area contributed by atoms with E-state index in [0.29, 0.717) is 6.42 Å². The SMILES string of the molecule is CCC(C)(CC(C)(CC(C)C(=O)O)C(=O)OCC(COC(C)=O)OC(C)=O)C(=O)OCc1ccccc1. The van der Waals surface area contributed by atoms with E-state index in [1.807, 2.05) is 30.3 Å². The molecule has 1 aromatic rings. The topological polar surface area (TPSA) is 142 Å². The van der Waals surface area contributed by atoms with Gasteiger partial charge in [-0.2, -0.15) is 0 Å². The number of carbonyl (C=O) groups excluding carboxylic acids is 4. The molecule has 4 unspecified atom stereocenters. The van der Waals surface area contributed by atoms with Gasteiger partial charge in [0.25, 0.3) is 0 Å². The summed E-state index contributed by atoms with van der Waals surface area (Å²) in [5.41, 5.74) is -1.70. The summed E-state index contributed by atoms with van der Waals surface area (Å²) < 4.78 is 20.9. The monoisotopic (exact) mass is 522 g/mol. The van der Waals surface area contributed by atoms with E-state index >= 15 is 0 Å². The Morgan fingerprint density at radius 1 is 0.865 bits per heavy atom. The molecule has 206 valence electrons. The Kier molecular flexibility index (Phi) is 12.3. The number of aliphatic carboxylic acids is 1.